The number of fused-ring (bicyclic) bond motifs is 1. The molecule has 1 atom stereocenters. The summed E-state index contributed by atoms with van der Waals surface area (Å²) in [7, 11) is 1.55. The number of allylic oxidation sites excluding steroid dienone is 1. The van der Waals surface area contributed by atoms with Crippen molar-refractivity contribution in [2.24, 2.45) is 4.99 Å². The van der Waals surface area contributed by atoms with Gasteiger partial charge in [-0.3, -0.25) is 9.36 Å². The summed E-state index contributed by atoms with van der Waals surface area (Å²) >= 11 is 1.25. The van der Waals surface area contributed by atoms with E-state index in [1.54, 1.807) is 51.3 Å². The summed E-state index contributed by atoms with van der Waals surface area (Å²) in [5.74, 6) is 0.859. The van der Waals surface area contributed by atoms with Crippen LogP contribution in [0.2, 0.25) is 0 Å². The van der Waals surface area contributed by atoms with E-state index in [-0.39, 0.29) is 23.6 Å². The maximum atomic E-state index is 13.9. The van der Waals surface area contributed by atoms with Crippen LogP contribution in [0.25, 0.3) is 6.08 Å². The Hall–Kier alpha value is -4.70. The van der Waals surface area contributed by atoms with E-state index < -0.39 is 12.0 Å². The second-order valence-corrected chi connectivity index (χ2v) is 10.6. The van der Waals surface area contributed by atoms with Crippen molar-refractivity contribution in [2.45, 2.75) is 33.4 Å². The smallest absolute Gasteiger partial charge is 0.338 e. The highest BCUT2D eigenvalue weighted by Gasteiger charge is 2.34. The first-order valence-electron chi connectivity index (χ1n) is 13.8. The normalized spacial score (nSPS) is 14.6. The third-order valence-electron chi connectivity index (χ3n) is 6.82. The van der Waals surface area contributed by atoms with Gasteiger partial charge < -0.3 is 18.9 Å². The zero-order chi connectivity index (χ0) is 30.5. The molecule has 10 heteroatoms. The van der Waals surface area contributed by atoms with Gasteiger partial charge >= 0.3 is 5.97 Å². The molecule has 0 saturated heterocycles. The van der Waals surface area contributed by atoms with E-state index in [1.807, 2.05) is 37.3 Å². The molecule has 0 N–H and O–H groups in total. The maximum absolute atomic E-state index is 13.9. The third kappa shape index (κ3) is 6.39. The number of hydrogen-bond acceptors (Lipinski definition) is 8. The standard InChI is InChI=1S/C33H31FN2O6S/c1-5-40-27-18-23(11-16-26(27)39-4)30-29(32(38)41-6-2)20(3)35-33-36(30)31(37)28(43-33)17-21-9-14-25(15-10-21)42-19-22-7-12-24(34)13-8-22/h7-18,30H,5-6,19H2,1-4H3/b28-17-/t30-/m1/s1. The van der Waals surface area contributed by atoms with Crippen molar-refractivity contribution in [1.29, 1.82) is 0 Å². The fourth-order valence-corrected chi connectivity index (χ4v) is 5.84. The summed E-state index contributed by atoms with van der Waals surface area (Å²) in [5, 5.41) is 0. The molecule has 0 fully saturated rings. The van der Waals surface area contributed by atoms with E-state index in [1.165, 1.54) is 28.0 Å². The van der Waals surface area contributed by atoms with Crippen molar-refractivity contribution in [2.75, 3.05) is 20.3 Å². The van der Waals surface area contributed by atoms with Crippen molar-refractivity contribution < 1.29 is 28.1 Å². The predicted octanol–water partition coefficient (Wildman–Crippen LogP) is 4.92. The number of nitrogens with zero attached hydrogens (tertiary/aromatic N) is 2. The van der Waals surface area contributed by atoms with Crippen LogP contribution >= 0.6 is 11.3 Å². The number of ether oxygens (including phenoxy) is 4. The number of halogens is 1. The summed E-state index contributed by atoms with van der Waals surface area (Å²) in [5.41, 5.74) is 2.79. The lowest BCUT2D eigenvalue weighted by Gasteiger charge is -2.25. The highest BCUT2D eigenvalue weighted by atomic mass is 32.1. The van der Waals surface area contributed by atoms with Gasteiger partial charge in [0.25, 0.3) is 5.56 Å². The first-order valence-corrected chi connectivity index (χ1v) is 14.6. The van der Waals surface area contributed by atoms with Crippen LogP contribution in [0.5, 0.6) is 17.2 Å². The van der Waals surface area contributed by atoms with Gasteiger partial charge in [-0.25, -0.2) is 14.2 Å². The number of methoxy groups -OCH3 is 1. The molecule has 1 aliphatic rings. The van der Waals surface area contributed by atoms with Gasteiger partial charge in [-0.15, -0.1) is 0 Å². The van der Waals surface area contributed by atoms with Gasteiger partial charge in [0.2, 0.25) is 0 Å². The molecule has 0 unspecified atom stereocenters. The Kier molecular flexibility index (Phi) is 9.06. The molecule has 43 heavy (non-hydrogen) atoms. The van der Waals surface area contributed by atoms with Gasteiger partial charge in [0.1, 0.15) is 18.2 Å². The molecule has 222 valence electrons. The van der Waals surface area contributed by atoms with E-state index >= 15 is 0 Å². The van der Waals surface area contributed by atoms with E-state index in [0.717, 1.165) is 11.1 Å². The van der Waals surface area contributed by atoms with Gasteiger partial charge in [0, 0.05) is 0 Å². The van der Waals surface area contributed by atoms with Crippen molar-refractivity contribution >= 4 is 23.4 Å². The minimum Gasteiger partial charge on any atom is -0.493 e. The molecular weight excluding hydrogens is 571 g/mol. The van der Waals surface area contributed by atoms with Crippen molar-refractivity contribution in [1.82, 2.24) is 4.57 Å². The first-order chi connectivity index (χ1) is 20.8. The SMILES string of the molecule is CCOC(=O)C1=C(C)N=c2s/c(=C\c3ccc(OCc4ccc(F)cc4)cc3)c(=O)n2[C@@H]1c1ccc(OC)c(OCC)c1. The van der Waals surface area contributed by atoms with Crippen molar-refractivity contribution in [3.8, 4) is 17.2 Å². The van der Waals surface area contributed by atoms with Crippen LogP contribution in [-0.4, -0.2) is 30.9 Å². The lowest BCUT2D eigenvalue weighted by atomic mass is 9.95. The lowest BCUT2D eigenvalue weighted by Crippen LogP contribution is -2.40. The van der Waals surface area contributed by atoms with Crippen LogP contribution in [0.1, 0.15) is 43.5 Å². The zero-order valence-electron chi connectivity index (χ0n) is 24.3. The van der Waals surface area contributed by atoms with Crippen LogP contribution in [0, 0.1) is 5.82 Å². The molecule has 0 radical (unpaired) electrons. The molecule has 2 heterocycles. The Bertz CT molecular complexity index is 1840. The summed E-state index contributed by atoms with van der Waals surface area (Å²) in [6, 6.07) is 18.0. The lowest BCUT2D eigenvalue weighted by molar-refractivity contribution is -0.139. The van der Waals surface area contributed by atoms with Crippen LogP contribution in [-0.2, 0) is 16.1 Å². The first kappa shape index (κ1) is 29.8. The molecule has 0 spiro atoms. The third-order valence-corrected chi connectivity index (χ3v) is 7.80. The Balaban J connectivity index is 1.52. The molecule has 0 bridgehead atoms. The molecule has 3 aromatic carbocycles. The van der Waals surface area contributed by atoms with Crippen LogP contribution < -0.4 is 29.1 Å². The minimum atomic E-state index is -0.773. The summed E-state index contributed by atoms with van der Waals surface area (Å²) in [6.07, 6.45) is 1.79. The highest BCUT2D eigenvalue weighted by molar-refractivity contribution is 7.07. The van der Waals surface area contributed by atoms with E-state index in [2.05, 4.69) is 4.99 Å². The number of esters is 1. The Morgan fingerprint density at radius 3 is 2.42 bits per heavy atom. The second kappa shape index (κ2) is 13.1. The molecule has 0 amide bonds. The molecule has 4 aromatic rings. The Labute approximate surface area is 252 Å². The average molecular weight is 603 g/mol. The second-order valence-electron chi connectivity index (χ2n) is 9.63. The quantitative estimate of drug-likeness (QED) is 0.240. The fraction of sp³-hybridized carbons (Fsp3) is 0.242. The number of aromatic nitrogens is 1. The molecular formula is C33H31FN2O6S. The van der Waals surface area contributed by atoms with Gasteiger partial charge in [-0.05, 0) is 79.9 Å². The fourth-order valence-electron chi connectivity index (χ4n) is 4.80. The molecule has 5 rings (SSSR count). The molecule has 8 nitrogen and oxygen atoms in total. The molecule has 0 aliphatic carbocycles. The van der Waals surface area contributed by atoms with E-state index in [9.17, 15) is 14.0 Å². The molecule has 1 aliphatic heterocycles. The topological polar surface area (TPSA) is 88.4 Å². The van der Waals surface area contributed by atoms with Gasteiger partial charge in [0.15, 0.2) is 16.3 Å². The van der Waals surface area contributed by atoms with Gasteiger partial charge in [0.05, 0.1) is 42.2 Å². The number of carbonyl (C=O) groups is 1. The minimum absolute atomic E-state index is 0.184. The van der Waals surface area contributed by atoms with Crippen molar-refractivity contribution in [3.05, 3.63) is 120 Å². The maximum Gasteiger partial charge on any atom is 0.338 e. The van der Waals surface area contributed by atoms with Crippen LogP contribution in [0.4, 0.5) is 4.39 Å². The van der Waals surface area contributed by atoms with Gasteiger partial charge in [-0.2, -0.15) is 0 Å². The number of rotatable bonds is 10. The zero-order valence-corrected chi connectivity index (χ0v) is 25.1. The molecule has 1 aromatic heterocycles. The largest absolute Gasteiger partial charge is 0.493 e. The van der Waals surface area contributed by atoms with Crippen molar-refractivity contribution in [3.63, 3.8) is 0 Å². The summed E-state index contributed by atoms with van der Waals surface area (Å²) in [6.45, 7) is 6.25. The Morgan fingerprint density at radius 1 is 1.00 bits per heavy atom. The van der Waals surface area contributed by atoms with Crippen LogP contribution in [0.15, 0.2) is 87.8 Å². The predicted molar refractivity (Wildman–Crippen MR) is 162 cm³/mol. The van der Waals surface area contributed by atoms with Gasteiger partial charge in [-0.1, -0.05) is 41.7 Å². The molecule has 0 saturated carbocycles. The number of thiazole rings is 1. The monoisotopic (exact) mass is 602 g/mol. The number of carbonyl (C=O) groups excluding carboxylic acids is 1. The number of benzene rings is 3. The van der Waals surface area contributed by atoms with E-state index in [0.29, 0.717) is 51.1 Å². The van der Waals surface area contributed by atoms with Crippen LogP contribution in [0.3, 0.4) is 0 Å². The summed E-state index contributed by atoms with van der Waals surface area (Å²) in [4.78, 5) is 32.2. The highest BCUT2D eigenvalue weighted by Crippen LogP contribution is 2.36. The average Bonchev–Trinajstić information content (AvgIpc) is 3.30. The Morgan fingerprint density at radius 2 is 1.74 bits per heavy atom. The number of hydrogen-bond donors (Lipinski definition) is 0. The summed E-state index contributed by atoms with van der Waals surface area (Å²) < 4.78 is 37.6. The van der Waals surface area contributed by atoms with E-state index in [4.69, 9.17) is 18.9 Å².